The molecule has 0 atom stereocenters. The van der Waals surface area contributed by atoms with Gasteiger partial charge in [0.05, 0.1) is 11.3 Å². The van der Waals surface area contributed by atoms with Crippen molar-refractivity contribution in [2.24, 2.45) is 0 Å². The van der Waals surface area contributed by atoms with E-state index in [0.717, 1.165) is 11.4 Å². The molecule has 0 spiro atoms. The van der Waals surface area contributed by atoms with Gasteiger partial charge < -0.3 is 16.0 Å². The van der Waals surface area contributed by atoms with Gasteiger partial charge in [-0.2, -0.15) is 0 Å². The van der Waals surface area contributed by atoms with E-state index in [1.54, 1.807) is 13.1 Å². The number of carbonyl (C=O) groups is 2. The molecule has 6 heteroatoms. The fourth-order valence-corrected chi connectivity index (χ4v) is 1.73. The van der Waals surface area contributed by atoms with Crippen molar-refractivity contribution in [3.05, 3.63) is 23.5 Å². The van der Waals surface area contributed by atoms with Crippen molar-refractivity contribution in [3.63, 3.8) is 0 Å². The van der Waals surface area contributed by atoms with E-state index in [0.29, 0.717) is 12.1 Å². The highest BCUT2D eigenvalue weighted by Gasteiger charge is 2.12. The Balaban J connectivity index is 2.53. The topological polar surface area (TPSA) is 83.1 Å². The van der Waals surface area contributed by atoms with E-state index in [2.05, 4.69) is 20.9 Å². The van der Waals surface area contributed by atoms with E-state index in [9.17, 15) is 9.59 Å². The molecule has 110 valence electrons. The Hall–Kier alpha value is -2.11. The smallest absolute Gasteiger partial charge is 0.254 e. The van der Waals surface area contributed by atoms with Crippen LogP contribution in [0.3, 0.4) is 0 Å². The molecule has 0 aliphatic heterocycles. The van der Waals surface area contributed by atoms with Gasteiger partial charge in [-0.1, -0.05) is 0 Å². The quantitative estimate of drug-likeness (QED) is 0.727. The standard InChI is InChI=1S/C14H22N4O2/c1-9(2)18-13(19)5-6-16-14(20)11-8-17-10(3)7-12(11)15-4/h7-9H,5-6H2,1-4H3,(H,15,17)(H,16,20)(H,18,19). The Bertz CT molecular complexity index is 486. The molecule has 1 aromatic heterocycles. The van der Waals surface area contributed by atoms with Gasteiger partial charge in [0.1, 0.15) is 0 Å². The first-order valence-corrected chi connectivity index (χ1v) is 6.66. The van der Waals surface area contributed by atoms with Gasteiger partial charge in [0, 0.05) is 37.9 Å². The first kappa shape index (κ1) is 15.9. The molecular formula is C14H22N4O2. The number of pyridine rings is 1. The minimum absolute atomic E-state index is 0.0730. The molecule has 2 amide bonds. The number of nitrogens with zero attached hydrogens (tertiary/aromatic N) is 1. The van der Waals surface area contributed by atoms with Gasteiger partial charge in [-0.3, -0.25) is 14.6 Å². The number of hydrogen-bond acceptors (Lipinski definition) is 4. The number of aromatic nitrogens is 1. The van der Waals surface area contributed by atoms with Crippen LogP contribution in [0.25, 0.3) is 0 Å². The highest BCUT2D eigenvalue weighted by molar-refractivity contribution is 5.99. The van der Waals surface area contributed by atoms with Crippen LogP contribution < -0.4 is 16.0 Å². The third-order valence-electron chi connectivity index (χ3n) is 2.64. The lowest BCUT2D eigenvalue weighted by Crippen LogP contribution is -2.34. The molecular weight excluding hydrogens is 256 g/mol. The largest absolute Gasteiger partial charge is 0.387 e. The first-order chi connectivity index (χ1) is 9.43. The maximum atomic E-state index is 12.0. The molecule has 1 heterocycles. The number of nitrogens with one attached hydrogen (secondary N) is 3. The second kappa shape index (κ2) is 7.47. The summed E-state index contributed by atoms with van der Waals surface area (Å²) in [5, 5.41) is 8.45. The van der Waals surface area contributed by atoms with Crippen LogP contribution in [-0.4, -0.2) is 36.4 Å². The summed E-state index contributed by atoms with van der Waals surface area (Å²) in [6.45, 7) is 5.95. The van der Waals surface area contributed by atoms with Gasteiger partial charge in [-0.05, 0) is 26.8 Å². The van der Waals surface area contributed by atoms with Crippen molar-refractivity contribution in [1.29, 1.82) is 0 Å². The van der Waals surface area contributed by atoms with Gasteiger partial charge in [-0.15, -0.1) is 0 Å². The lowest BCUT2D eigenvalue weighted by molar-refractivity contribution is -0.121. The third kappa shape index (κ3) is 4.87. The minimum Gasteiger partial charge on any atom is -0.387 e. The monoisotopic (exact) mass is 278 g/mol. The predicted molar refractivity (Wildman–Crippen MR) is 78.7 cm³/mol. The Morgan fingerprint density at radius 1 is 1.35 bits per heavy atom. The lowest BCUT2D eigenvalue weighted by Gasteiger charge is -2.11. The molecule has 1 aromatic rings. The summed E-state index contributed by atoms with van der Waals surface area (Å²) in [7, 11) is 1.75. The van der Waals surface area contributed by atoms with Crippen LogP contribution >= 0.6 is 0 Å². The van der Waals surface area contributed by atoms with Crippen molar-refractivity contribution in [1.82, 2.24) is 15.6 Å². The van der Waals surface area contributed by atoms with E-state index in [4.69, 9.17) is 0 Å². The summed E-state index contributed by atoms with van der Waals surface area (Å²) < 4.78 is 0. The Morgan fingerprint density at radius 3 is 2.65 bits per heavy atom. The van der Waals surface area contributed by atoms with E-state index >= 15 is 0 Å². The molecule has 0 fully saturated rings. The summed E-state index contributed by atoms with van der Waals surface area (Å²) >= 11 is 0. The van der Waals surface area contributed by atoms with Crippen LogP contribution in [0.2, 0.25) is 0 Å². The summed E-state index contributed by atoms with van der Waals surface area (Å²) in [5.74, 6) is -0.310. The lowest BCUT2D eigenvalue weighted by atomic mass is 10.2. The van der Waals surface area contributed by atoms with Gasteiger partial charge in [0.15, 0.2) is 0 Å². The SMILES string of the molecule is CNc1cc(C)ncc1C(=O)NCCC(=O)NC(C)C. The van der Waals surface area contributed by atoms with Gasteiger partial charge in [0.25, 0.3) is 5.91 Å². The molecule has 0 saturated heterocycles. The van der Waals surface area contributed by atoms with Crippen molar-refractivity contribution in [2.75, 3.05) is 18.9 Å². The van der Waals surface area contributed by atoms with Crippen molar-refractivity contribution in [2.45, 2.75) is 33.2 Å². The number of amides is 2. The maximum Gasteiger partial charge on any atom is 0.254 e. The Labute approximate surface area is 119 Å². The molecule has 0 bridgehead atoms. The summed E-state index contributed by atoms with van der Waals surface area (Å²) in [4.78, 5) is 27.6. The number of aryl methyl sites for hydroxylation is 1. The Morgan fingerprint density at radius 2 is 2.05 bits per heavy atom. The molecule has 20 heavy (non-hydrogen) atoms. The minimum atomic E-state index is -0.237. The fraction of sp³-hybridized carbons (Fsp3) is 0.500. The molecule has 0 saturated carbocycles. The predicted octanol–water partition coefficient (Wildman–Crippen LogP) is 1.08. The highest BCUT2D eigenvalue weighted by atomic mass is 16.2. The molecule has 0 radical (unpaired) electrons. The van der Waals surface area contributed by atoms with Crippen LogP contribution in [0.5, 0.6) is 0 Å². The van der Waals surface area contributed by atoms with Crippen molar-refractivity contribution in [3.8, 4) is 0 Å². The summed E-state index contributed by atoms with van der Waals surface area (Å²) in [6.07, 6.45) is 1.79. The van der Waals surface area contributed by atoms with E-state index < -0.39 is 0 Å². The third-order valence-corrected chi connectivity index (χ3v) is 2.64. The second-order valence-corrected chi connectivity index (χ2v) is 4.85. The zero-order chi connectivity index (χ0) is 15.1. The van der Waals surface area contributed by atoms with Gasteiger partial charge >= 0.3 is 0 Å². The van der Waals surface area contributed by atoms with Crippen molar-refractivity contribution >= 4 is 17.5 Å². The summed E-state index contributed by atoms with van der Waals surface area (Å²) in [6, 6.07) is 1.91. The molecule has 6 nitrogen and oxygen atoms in total. The van der Waals surface area contributed by atoms with E-state index in [-0.39, 0.29) is 24.3 Å². The van der Waals surface area contributed by atoms with E-state index in [1.165, 1.54) is 6.20 Å². The van der Waals surface area contributed by atoms with Crippen LogP contribution in [0.15, 0.2) is 12.3 Å². The molecule has 0 unspecified atom stereocenters. The second-order valence-electron chi connectivity index (χ2n) is 4.85. The van der Waals surface area contributed by atoms with Gasteiger partial charge in [-0.25, -0.2) is 0 Å². The van der Waals surface area contributed by atoms with Gasteiger partial charge in [0.2, 0.25) is 5.91 Å². The van der Waals surface area contributed by atoms with Crippen LogP contribution in [0, 0.1) is 6.92 Å². The molecule has 0 aromatic carbocycles. The molecule has 3 N–H and O–H groups in total. The average Bonchev–Trinajstić information content (AvgIpc) is 2.37. The van der Waals surface area contributed by atoms with Crippen LogP contribution in [0.4, 0.5) is 5.69 Å². The molecule has 1 rings (SSSR count). The molecule has 0 aliphatic rings. The van der Waals surface area contributed by atoms with Crippen LogP contribution in [-0.2, 0) is 4.79 Å². The molecule has 0 aliphatic carbocycles. The van der Waals surface area contributed by atoms with Crippen molar-refractivity contribution < 1.29 is 9.59 Å². The maximum absolute atomic E-state index is 12.0. The zero-order valence-electron chi connectivity index (χ0n) is 12.4. The normalized spacial score (nSPS) is 10.2. The number of carbonyl (C=O) groups excluding carboxylic acids is 2. The number of anilines is 1. The highest BCUT2D eigenvalue weighted by Crippen LogP contribution is 2.14. The van der Waals surface area contributed by atoms with E-state index in [1.807, 2.05) is 20.8 Å². The fourth-order valence-electron chi connectivity index (χ4n) is 1.73. The number of rotatable bonds is 6. The van der Waals surface area contributed by atoms with Crippen LogP contribution in [0.1, 0.15) is 36.3 Å². The summed E-state index contributed by atoms with van der Waals surface area (Å²) in [5.41, 5.74) is 2.03. The zero-order valence-corrected chi connectivity index (χ0v) is 12.4. The number of hydrogen-bond donors (Lipinski definition) is 3. The Kier molecular flexibility index (Phi) is 5.96. The first-order valence-electron chi connectivity index (χ1n) is 6.66. The average molecular weight is 278 g/mol.